The summed E-state index contributed by atoms with van der Waals surface area (Å²) in [7, 11) is 20.0. The predicted octanol–water partition coefficient (Wildman–Crippen LogP) is 10.2. The maximum absolute atomic E-state index is 10.0. The summed E-state index contributed by atoms with van der Waals surface area (Å²) in [5, 5.41) is 34.5. The van der Waals surface area contributed by atoms with Gasteiger partial charge in [0.05, 0.1) is 29.4 Å². The summed E-state index contributed by atoms with van der Waals surface area (Å²) in [6.07, 6.45) is 12.0. The zero-order valence-corrected chi connectivity index (χ0v) is 56.5. The molecule has 16 nitrogen and oxygen atoms in total. The minimum Gasteiger partial charge on any atom is -0.512 e. The second-order valence-corrected chi connectivity index (χ2v) is 18.3. The Balaban J connectivity index is 0.000000508. The van der Waals surface area contributed by atoms with Crippen molar-refractivity contribution in [2.45, 2.75) is 27.7 Å². The number of aliphatic hydroxyl groups is 1. The molecule has 0 saturated heterocycles. The molecule has 9 rings (SSSR count). The van der Waals surface area contributed by atoms with Crippen LogP contribution in [0.5, 0.6) is 0 Å². The molecule has 0 unspecified atom stereocenters. The Morgan fingerprint density at radius 3 is 1.75 bits per heavy atom. The van der Waals surface area contributed by atoms with Crippen LogP contribution in [0.2, 0.25) is 0 Å². The summed E-state index contributed by atoms with van der Waals surface area (Å²) >= 11 is 0. The van der Waals surface area contributed by atoms with Crippen molar-refractivity contribution < 1.29 is 93.2 Å². The first kappa shape index (κ1) is 71.4. The van der Waals surface area contributed by atoms with Crippen molar-refractivity contribution in [1.82, 2.24) is 39.1 Å². The number of benzene rings is 5. The fourth-order valence-corrected chi connectivity index (χ4v) is 7.19. The van der Waals surface area contributed by atoms with E-state index < -0.39 is 0 Å². The van der Waals surface area contributed by atoms with Crippen LogP contribution >= 0.6 is 0 Å². The number of hydrogen-bond acceptors (Lipinski definition) is 12. The van der Waals surface area contributed by atoms with Gasteiger partial charge in [-0.05, 0) is 136 Å². The minimum absolute atomic E-state index is 0. The van der Waals surface area contributed by atoms with Crippen LogP contribution in [0.1, 0.15) is 30.8 Å². The third-order valence-electron chi connectivity index (χ3n) is 11.0. The number of nitriles is 1. The maximum Gasteiger partial charge on any atom is 0.155 e. The van der Waals surface area contributed by atoms with Crippen LogP contribution in [0.3, 0.4) is 0 Å². The summed E-state index contributed by atoms with van der Waals surface area (Å²) in [5.41, 5.74) is 14.2. The molecule has 0 saturated carbocycles. The molecule has 20 heteroatoms. The molecule has 4 aromatic heterocycles. The Morgan fingerprint density at radius 2 is 1.24 bits per heavy atom. The van der Waals surface area contributed by atoms with Crippen LogP contribution in [0, 0.1) is 49.4 Å². The van der Waals surface area contributed by atoms with E-state index in [-0.39, 0.29) is 94.8 Å². The molecular formula is C60H68IrN14O2Pt3-4. The molecule has 0 aliphatic rings. The molecule has 0 aliphatic carbocycles. The molecular weight excluding hydrogens is 1730 g/mol. The number of hydrogen-bond donors (Lipinski definition) is 1. The van der Waals surface area contributed by atoms with Crippen LogP contribution in [0.4, 0.5) is 28.4 Å². The summed E-state index contributed by atoms with van der Waals surface area (Å²) in [6.45, 7) is 6.90. The van der Waals surface area contributed by atoms with Crippen molar-refractivity contribution in [3.8, 4) is 39.9 Å². The molecule has 0 amide bonds. The molecule has 4 heterocycles. The van der Waals surface area contributed by atoms with E-state index in [0.717, 1.165) is 68.1 Å². The van der Waals surface area contributed by atoms with Crippen LogP contribution in [-0.4, -0.2) is 120 Å². The van der Waals surface area contributed by atoms with Gasteiger partial charge in [0.1, 0.15) is 6.07 Å². The summed E-state index contributed by atoms with van der Waals surface area (Å²) in [4.78, 5) is 20.2. The number of aromatic nitrogens is 8. The number of carbonyl (C=O) groups excluding carboxylic acids is 1. The third kappa shape index (κ3) is 21.4. The third-order valence-corrected chi connectivity index (χ3v) is 11.0. The largest absolute Gasteiger partial charge is 0.512 e. The van der Waals surface area contributed by atoms with Gasteiger partial charge in [-0.15, -0.1) is 36.4 Å². The fraction of sp³-hybridized carbons (Fsp3) is 0.233. The molecule has 9 aromatic rings. The van der Waals surface area contributed by atoms with Gasteiger partial charge in [0.2, 0.25) is 0 Å². The van der Waals surface area contributed by atoms with Crippen molar-refractivity contribution in [1.29, 1.82) is 5.26 Å². The van der Waals surface area contributed by atoms with E-state index >= 15 is 0 Å². The van der Waals surface area contributed by atoms with Crippen molar-refractivity contribution in [2.24, 2.45) is 0 Å². The zero-order chi connectivity index (χ0) is 55.5. The number of aliphatic hydroxyl groups excluding tert-OH is 1. The average Bonchev–Trinajstić information content (AvgIpc) is 4.26. The number of rotatable bonds is 11. The molecule has 0 aliphatic heterocycles. The molecule has 0 atom stereocenters. The number of allylic oxidation sites excluding steroid dienone is 2. The quantitative estimate of drug-likeness (QED) is 0.0747. The standard InChI is InChI=1S/C17H16N3.C14H16N5.C13H16N3.C11H12N3.C5H8O2.Ir.3Pt/c1-19(2)16-9-6-10-17(11-16)20-13-15(12-18-20)14-7-4-3-5-8-14;1-17(2)12-5-6-13(14(7-12)18(3)4)19-10-11(8-15)9-16-19;1-10-9-11(2)16(14-10)13-7-5-12(6-8-13)15(3)4;1-13(2)10-6-3-4-7-11(10)14-9-5-8-12-14;1-4(6)3-5(2)7;;;;/h3-9,11-13H,1-2H3;5,7,9-10H,1-4H3;5-7,9H,1-4H3;3-6,8-9H,1-2H3;3,6H,1-2H3;;;;/q4*-1;;;;;. The SMILES string of the molecule is CC(=O)C=C(C)O.CN(C)c1c[c-]c(-n2cc(C#N)cn2)c(N(C)C)c1.CN(C)c1cc[c-]c(-n2cc(-c3ccccc3)cn2)c1.CN(C)c1ccc[c-]c1-n1cccn1.Cc1cc(C)n(-c2[c-]cc(N(C)C)cc2)n1.[Ir].[Pt].[Pt].[Pt]. The van der Waals surface area contributed by atoms with E-state index in [1.165, 1.54) is 25.5 Å². The molecule has 0 fully saturated rings. The Morgan fingerprint density at radius 1 is 0.600 bits per heavy atom. The van der Waals surface area contributed by atoms with Crippen LogP contribution in [0.15, 0.2) is 158 Å². The van der Waals surface area contributed by atoms with E-state index in [1.54, 1.807) is 23.3 Å². The number of ketones is 1. The molecule has 1 radical (unpaired) electrons. The first-order valence-corrected chi connectivity index (χ1v) is 24.2. The first-order chi connectivity index (χ1) is 36.3. The number of carbonyl (C=O) groups is 1. The van der Waals surface area contributed by atoms with E-state index in [2.05, 4.69) is 96.9 Å². The van der Waals surface area contributed by atoms with E-state index in [4.69, 9.17) is 10.4 Å². The van der Waals surface area contributed by atoms with Crippen molar-refractivity contribution in [3.05, 3.63) is 199 Å². The Kier molecular flexibility index (Phi) is 31.4. The number of aryl methyl sites for hydroxylation is 2. The predicted molar refractivity (Wildman–Crippen MR) is 308 cm³/mol. The molecule has 80 heavy (non-hydrogen) atoms. The average molecular weight is 1790 g/mol. The van der Waals surface area contributed by atoms with Gasteiger partial charge in [-0.3, -0.25) is 23.5 Å². The number of para-hydroxylation sites is 1. The monoisotopic (exact) mass is 1790 g/mol. The van der Waals surface area contributed by atoms with Gasteiger partial charge in [0.25, 0.3) is 0 Å². The Labute approximate surface area is 529 Å². The normalized spacial score (nSPS) is 9.89. The van der Waals surface area contributed by atoms with E-state index in [0.29, 0.717) is 5.56 Å². The zero-order valence-electron chi connectivity index (χ0n) is 47.3. The molecule has 1 N–H and O–H groups in total. The Hall–Kier alpha value is -6.65. The molecule has 0 bridgehead atoms. The fourth-order valence-electron chi connectivity index (χ4n) is 7.19. The van der Waals surface area contributed by atoms with Gasteiger partial charge in [-0.2, -0.15) is 80.3 Å². The Bertz CT molecular complexity index is 3300. The second kappa shape index (κ2) is 35.2. The summed E-state index contributed by atoms with van der Waals surface area (Å²) in [6, 6.07) is 51.2. The van der Waals surface area contributed by atoms with Gasteiger partial charge in [0, 0.05) is 140 Å². The first-order valence-electron chi connectivity index (χ1n) is 24.2. The number of nitrogens with zero attached hydrogens (tertiary/aromatic N) is 14. The smallest absolute Gasteiger partial charge is 0.155 e. The minimum atomic E-state index is -0.125. The van der Waals surface area contributed by atoms with Crippen molar-refractivity contribution >= 4 is 34.2 Å². The van der Waals surface area contributed by atoms with E-state index in [9.17, 15) is 4.79 Å². The van der Waals surface area contributed by atoms with E-state index in [1.807, 2.05) is 204 Å². The topological polar surface area (TPSA) is 149 Å². The van der Waals surface area contributed by atoms with Crippen LogP contribution in [-0.2, 0) is 88.1 Å². The van der Waals surface area contributed by atoms with Gasteiger partial charge >= 0.3 is 0 Å². The molecule has 5 aromatic carbocycles. The molecule has 0 spiro atoms. The molecule has 433 valence electrons. The van der Waals surface area contributed by atoms with Crippen LogP contribution in [0.25, 0.3) is 33.9 Å². The van der Waals surface area contributed by atoms with Gasteiger partial charge in [-0.1, -0.05) is 47.4 Å². The van der Waals surface area contributed by atoms with Crippen molar-refractivity contribution in [2.75, 3.05) is 95.0 Å². The van der Waals surface area contributed by atoms with Gasteiger partial charge in [0.15, 0.2) is 5.78 Å². The van der Waals surface area contributed by atoms with Crippen molar-refractivity contribution in [3.63, 3.8) is 0 Å². The number of anilines is 5. The van der Waals surface area contributed by atoms with Gasteiger partial charge in [-0.25, -0.2) is 0 Å². The van der Waals surface area contributed by atoms with Gasteiger partial charge < -0.3 is 29.6 Å². The maximum atomic E-state index is 10.0. The summed E-state index contributed by atoms with van der Waals surface area (Å²) in [5.74, 6) is -0.0625. The summed E-state index contributed by atoms with van der Waals surface area (Å²) < 4.78 is 7.26. The second-order valence-electron chi connectivity index (χ2n) is 18.3. The van der Waals surface area contributed by atoms with Crippen LogP contribution < -0.4 is 24.5 Å².